The Labute approximate surface area is 106 Å². The number of aromatic amines is 1. The van der Waals surface area contributed by atoms with Gasteiger partial charge in [0.05, 0.1) is 16.8 Å². The summed E-state index contributed by atoms with van der Waals surface area (Å²) in [5, 5.41) is 0.475. The number of fused-ring (bicyclic) bond motifs is 1. The number of rotatable bonds is 1. The minimum atomic E-state index is -0.442. The van der Waals surface area contributed by atoms with E-state index in [0.717, 1.165) is 16.1 Å². The van der Waals surface area contributed by atoms with E-state index in [9.17, 15) is 9.59 Å². The van der Waals surface area contributed by atoms with Crippen LogP contribution in [0.2, 0.25) is 0 Å². The van der Waals surface area contributed by atoms with Gasteiger partial charge in [-0.25, -0.2) is 9.36 Å². The van der Waals surface area contributed by atoms with Gasteiger partial charge in [0.15, 0.2) is 0 Å². The Hall–Kier alpha value is -2.21. The normalized spacial score (nSPS) is 10.9. The predicted molar refractivity (Wildman–Crippen MR) is 70.6 cm³/mol. The van der Waals surface area contributed by atoms with Crippen molar-refractivity contribution in [3.05, 3.63) is 56.9 Å². The maximum Gasteiger partial charge on any atom is 0.334 e. The maximum absolute atomic E-state index is 12.3. The summed E-state index contributed by atoms with van der Waals surface area (Å²) in [6.45, 7) is 1.76. The molecule has 0 aliphatic carbocycles. The van der Waals surface area contributed by atoms with Crippen LogP contribution in [0, 0.1) is 6.92 Å². The average molecular weight is 259 g/mol. The molecule has 0 bridgehead atoms. The number of benzene rings is 1. The molecule has 0 spiro atoms. The first kappa shape index (κ1) is 10.9. The summed E-state index contributed by atoms with van der Waals surface area (Å²) in [6.07, 6.45) is 0. The molecule has 90 valence electrons. The first-order chi connectivity index (χ1) is 8.68. The molecule has 0 atom stereocenters. The maximum atomic E-state index is 12.3. The lowest BCUT2D eigenvalue weighted by Gasteiger charge is -2.03. The fourth-order valence-corrected chi connectivity index (χ4v) is 2.65. The Kier molecular flexibility index (Phi) is 2.38. The van der Waals surface area contributed by atoms with Crippen LogP contribution in [-0.4, -0.2) is 13.9 Å². The molecule has 2 heterocycles. The number of para-hydroxylation sites is 1. The summed E-state index contributed by atoms with van der Waals surface area (Å²) in [7, 11) is 0. The van der Waals surface area contributed by atoms with Crippen molar-refractivity contribution in [1.82, 2.24) is 13.9 Å². The van der Waals surface area contributed by atoms with Crippen molar-refractivity contribution in [2.45, 2.75) is 6.92 Å². The number of nitrogens with zero attached hydrogens (tertiary/aromatic N) is 2. The Morgan fingerprint density at radius 3 is 2.67 bits per heavy atom. The number of hydrogen-bond acceptors (Lipinski definition) is 4. The molecular weight excluding hydrogens is 250 g/mol. The number of hydrogen-bond donors (Lipinski definition) is 1. The highest BCUT2D eigenvalue weighted by molar-refractivity contribution is 7.12. The molecular formula is C12H9N3O2S. The van der Waals surface area contributed by atoms with Gasteiger partial charge in [-0.3, -0.25) is 9.78 Å². The van der Waals surface area contributed by atoms with Gasteiger partial charge in [-0.05, 0) is 30.6 Å². The largest absolute Gasteiger partial charge is 0.334 e. The number of aromatic nitrogens is 3. The van der Waals surface area contributed by atoms with Crippen molar-refractivity contribution in [1.29, 1.82) is 0 Å². The minimum absolute atomic E-state index is 0.328. The van der Waals surface area contributed by atoms with Gasteiger partial charge in [0, 0.05) is 0 Å². The molecule has 1 N–H and O–H groups in total. The van der Waals surface area contributed by atoms with Crippen molar-refractivity contribution in [2.24, 2.45) is 0 Å². The molecule has 3 aromatic rings. The Morgan fingerprint density at radius 1 is 1.22 bits per heavy atom. The van der Waals surface area contributed by atoms with Crippen molar-refractivity contribution >= 4 is 21.7 Å². The van der Waals surface area contributed by atoms with Gasteiger partial charge in [0.2, 0.25) is 0 Å². The molecule has 18 heavy (non-hydrogen) atoms. The van der Waals surface area contributed by atoms with Gasteiger partial charge in [-0.1, -0.05) is 18.2 Å². The highest BCUT2D eigenvalue weighted by Crippen LogP contribution is 2.15. The number of H-pyrrole nitrogens is 1. The Morgan fingerprint density at radius 2 is 1.94 bits per heavy atom. The highest BCUT2D eigenvalue weighted by Gasteiger charge is 2.13. The lowest BCUT2D eigenvalue weighted by atomic mass is 10.3. The fourth-order valence-electron chi connectivity index (χ4n) is 1.88. The first-order valence-electron chi connectivity index (χ1n) is 5.35. The third-order valence-electron chi connectivity index (χ3n) is 2.72. The monoisotopic (exact) mass is 259 g/mol. The quantitative estimate of drug-likeness (QED) is 0.719. The van der Waals surface area contributed by atoms with Crippen LogP contribution in [0.4, 0.5) is 0 Å². The van der Waals surface area contributed by atoms with Crippen molar-refractivity contribution in [3.63, 3.8) is 0 Å². The highest BCUT2D eigenvalue weighted by atomic mass is 32.1. The van der Waals surface area contributed by atoms with Crippen LogP contribution in [0.3, 0.4) is 0 Å². The molecule has 6 heteroatoms. The first-order valence-corrected chi connectivity index (χ1v) is 6.12. The van der Waals surface area contributed by atoms with E-state index >= 15 is 0 Å². The molecule has 0 aliphatic rings. The lowest BCUT2D eigenvalue weighted by molar-refractivity contribution is 0.903. The van der Waals surface area contributed by atoms with E-state index in [-0.39, 0.29) is 5.56 Å². The van der Waals surface area contributed by atoms with E-state index in [1.54, 1.807) is 31.2 Å². The summed E-state index contributed by atoms with van der Waals surface area (Å²) < 4.78 is 5.22. The average Bonchev–Trinajstić information content (AvgIpc) is 2.72. The predicted octanol–water partition coefficient (Wildman–Crippen LogP) is 1.44. The van der Waals surface area contributed by atoms with E-state index < -0.39 is 5.69 Å². The van der Waals surface area contributed by atoms with Gasteiger partial charge < -0.3 is 0 Å². The summed E-state index contributed by atoms with van der Waals surface area (Å²) in [5.74, 6) is 0. The second-order valence-corrected chi connectivity index (χ2v) is 4.65. The van der Waals surface area contributed by atoms with Crippen molar-refractivity contribution in [3.8, 4) is 5.69 Å². The molecule has 0 amide bonds. The van der Waals surface area contributed by atoms with Gasteiger partial charge >= 0.3 is 5.69 Å². The zero-order valence-electron chi connectivity index (χ0n) is 9.51. The molecule has 0 aliphatic heterocycles. The number of aryl methyl sites for hydroxylation is 1. The van der Waals surface area contributed by atoms with E-state index in [2.05, 4.69) is 9.36 Å². The van der Waals surface area contributed by atoms with Crippen molar-refractivity contribution in [2.75, 3.05) is 0 Å². The topological polar surface area (TPSA) is 67.8 Å². The zero-order valence-corrected chi connectivity index (χ0v) is 10.3. The molecule has 0 unspecified atom stereocenters. The van der Waals surface area contributed by atoms with E-state index in [4.69, 9.17) is 0 Å². The third kappa shape index (κ3) is 1.50. The van der Waals surface area contributed by atoms with Gasteiger partial charge in [-0.15, -0.1) is 0 Å². The van der Waals surface area contributed by atoms with Crippen LogP contribution in [0.1, 0.15) is 5.69 Å². The van der Waals surface area contributed by atoms with Crippen LogP contribution in [0.25, 0.3) is 15.9 Å². The zero-order chi connectivity index (χ0) is 12.7. The smallest absolute Gasteiger partial charge is 0.297 e. The second kappa shape index (κ2) is 3.92. The molecule has 2 aromatic heterocycles. The number of nitrogens with one attached hydrogen (secondary N) is 1. The van der Waals surface area contributed by atoms with Crippen molar-refractivity contribution < 1.29 is 0 Å². The van der Waals surface area contributed by atoms with Gasteiger partial charge in [0.25, 0.3) is 5.56 Å². The molecule has 0 saturated carbocycles. The molecule has 3 rings (SSSR count). The summed E-state index contributed by atoms with van der Waals surface area (Å²) in [4.78, 5) is 27.5. The standard InChI is InChI=1S/C12H9N3O2S/c1-7-9-10(18-14-7)13-12(17)15(11(9)16)8-5-3-2-4-6-8/h2-6H,1H3,(H,13,17). The SMILES string of the molecule is Cc1nsc2[nH]c(=O)n(-c3ccccc3)c(=O)c12. The molecule has 0 saturated heterocycles. The summed E-state index contributed by atoms with van der Waals surface area (Å²) >= 11 is 1.13. The molecule has 5 nitrogen and oxygen atoms in total. The van der Waals surface area contributed by atoms with Crippen LogP contribution < -0.4 is 11.2 Å². The Balaban J connectivity index is 2.47. The van der Waals surface area contributed by atoms with E-state index in [0.29, 0.717) is 21.6 Å². The van der Waals surface area contributed by atoms with Crippen LogP contribution in [-0.2, 0) is 0 Å². The lowest BCUT2D eigenvalue weighted by Crippen LogP contribution is -2.33. The minimum Gasteiger partial charge on any atom is -0.297 e. The van der Waals surface area contributed by atoms with E-state index in [1.165, 1.54) is 0 Å². The summed E-state index contributed by atoms with van der Waals surface area (Å²) in [6, 6.07) is 8.84. The third-order valence-corrected chi connectivity index (χ3v) is 3.57. The van der Waals surface area contributed by atoms with Gasteiger partial charge in [0.1, 0.15) is 4.83 Å². The van der Waals surface area contributed by atoms with Crippen LogP contribution in [0.15, 0.2) is 39.9 Å². The van der Waals surface area contributed by atoms with E-state index in [1.807, 2.05) is 6.07 Å². The molecule has 0 radical (unpaired) electrons. The van der Waals surface area contributed by atoms with Gasteiger partial charge in [-0.2, -0.15) is 4.37 Å². The summed E-state index contributed by atoms with van der Waals surface area (Å²) in [5.41, 5.74) is 0.422. The van der Waals surface area contributed by atoms with Crippen LogP contribution in [0.5, 0.6) is 0 Å². The molecule has 1 aromatic carbocycles. The van der Waals surface area contributed by atoms with Crippen LogP contribution >= 0.6 is 11.5 Å². The second-order valence-electron chi connectivity index (χ2n) is 3.88. The Bertz CT molecular complexity index is 830. The molecule has 0 fully saturated rings. The fraction of sp³-hybridized carbons (Fsp3) is 0.0833.